The van der Waals surface area contributed by atoms with Crippen LogP contribution in [-0.4, -0.2) is 35.4 Å². The molecule has 0 radical (unpaired) electrons. The molecule has 6 N–H and O–H groups in total. The minimum absolute atomic E-state index is 0.102. The third-order valence-electron chi connectivity index (χ3n) is 3.31. The lowest BCUT2D eigenvalue weighted by molar-refractivity contribution is -0.115. The Balaban J connectivity index is 4.20. The highest BCUT2D eigenvalue weighted by atomic mass is 16.2. The maximum absolute atomic E-state index is 11.8. The number of benzene rings is 1. The minimum Gasteiger partial charge on any atom is -0.323 e. The van der Waals surface area contributed by atoms with Crippen LogP contribution in [-0.2, 0) is 28.8 Å². The average Bonchev–Trinajstić information content (AvgIpc) is 2.55. The van der Waals surface area contributed by atoms with Gasteiger partial charge in [-0.2, -0.15) is 0 Å². The SMILES string of the molecule is CC(=O)Nc1c(NC(C)=O)c(NC(C)=O)c(NC(C)=O)c(NC(C)=O)c1NC(C)=O. The molecule has 0 aliphatic carbocycles. The number of carbonyl (C=O) groups excluding carboxylic acids is 6. The third-order valence-corrected chi connectivity index (χ3v) is 3.31. The summed E-state index contributed by atoms with van der Waals surface area (Å²) >= 11 is 0. The maximum Gasteiger partial charge on any atom is 0.221 e. The molecule has 12 nitrogen and oxygen atoms in total. The molecule has 0 saturated carbocycles. The Labute approximate surface area is 172 Å². The van der Waals surface area contributed by atoms with E-state index in [0.29, 0.717) is 0 Å². The van der Waals surface area contributed by atoms with Crippen LogP contribution in [0, 0.1) is 0 Å². The van der Waals surface area contributed by atoms with Gasteiger partial charge in [0.2, 0.25) is 35.4 Å². The van der Waals surface area contributed by atoms with Crippen LogP contribution in [0.4, 0.5) is 34.1 Å². The molecule has 0 aliphatic rings. The molecule has 162 valence electrons. The number of hydrogen-bond donors (Lipinski definition) is 6. The second-order valence-corrected chi connectivity index (χ2v) is 6.34. The van der Waals surface area contributed by atoms with Crippen molar-refractivity contribution < 1.29 is 28.8 Å². The standard InChI is InChI=1S/C18H24N6O6/c1-7(25)19-13-14(20-8(2)26)16(22-10(4)28)18(24-12(6)30)17(23-11(5)29)15(13)21-9(3)27/h1-6H3,(H,19,25)(H,20,26)(H,21,27)(H,22,28)(H,23,29)(H,24,30). The number of anilines is 6. The number of carbonyl (C=O) groups is 6. The summed E-state index contributed by atoms with van der Waals surface area (Å²) < 4.78 is 0. The first-order valence-corrected chi connectivity index (χ1v) is 8.72. The Kier molecular flexibility index (Phi) is 8.03. The average molecular weight is 420 g/mol. The summed E-state index contributed by atoms with van der Waals surface area (Å²) in [7, 11) is 0. The fourth-order valence-corrected chi connectivity index (χ4v) is 2.56. The number of rotatable bonds is 6. The normalized spacial score (nSPS) is 9.80. The molecular weight excluding hydrogens is 396 g/mol. The molecule has 0 unspecified atom stereocenters. The predicted octanol–water partition coefficient (Wildman–Crippen LogP) is 1.44. The largest absolute Gasteiger partial charge is 0.323 e. The molecule has 6 amide bonds. The van der Waals surface area contributed by atoms with Gasteiger partial charge >= 0.3 is 0 Å². The van der Waals surface area contributed by atoms with Crippen molar-refractivity contribution in [3.8, 4) is 0 Å². The maximum atomic E-state index is 11.8. The molecule has 1 aromatic carbocycles. The van der Waals surface area contributed by atoms with Gasteiger partial charge in [-0.1, -0.05) is 0 Å². The number of hydrogen-bond acceptors (Lipinski definition) is 6. The second kappa shape index (κ2) is 10.0. The molecule has 0 atom stereocenters. The molecule has 1 aromatic rings. The lowest BCUT2D eigenvalue weighted by Crippen LogP contribution is -2.23. The van der Waals surface area contributed by atoms with E-state index in [1.807, 2.05) is 0 Å². The van der Waals surface area contributed by atoms with Crippen LogP contribution in [0.5, 0.6) is 0 Å². The van der Waals surface area contributed by atoms with Crippen LogP contribution >= 0.6 is 0 Å². The van der Waals surface area contributed by atoms with Gasteiger partial charge in [0, 0.05) is 41.5 Å². The van der Waals surface area contributed by atoms with Crippen molar-refractivity contribution in [1.82, 2.24) is 0 Å². The predicted molar refractivity (Wildman–Crippen MR) is 112 cm³/mol. The van der Waals surface area contributed by atoms with E-state index in [0.717, 1.165) is 0 Å². The molecule has 0 aliphatic heterocycles. The van der Waals surface area contributed by atoms with E-state index in [1.54, 1.807) is 0 Å². The topological polar surface area (TPSA) is 175 Å². The van der Waals surface area contributed by atoms with Crippen LogP contribution in [0.15, 0.2) is 0 Å². The molecular formula is C18H24N6O6. The van der Waals surface area contributed by atoms with Crippen molar-refractivity contribution in [3.63, 3.8) is 0 Å². The molecule has 0 heterocycles. The summed E-state index contributed by atoms with van der Waals surface area (Å²) in [5.74, 6) is -3.40. The van der Waals surface area contributed by atoms with Crippen LogP contribution in [0.1, 0.15) is 41.5 Å². The molecule has 0 spiro atoms. The summed E-state index contributed by atoms with van der Waals surface area (Å²) in [5, 5.41) is 14.9. The van der Waals surface area contributed by atoms with Gasteiger partial charge in [-0.15, -0.1) is 0 Å². The fraction of sp³-hybridized carbons (Fsp3) is 0.333. The Hall–Kier alpha value is -3.96. The van der Waals surface area contributed by atoms with Gasteiger partial charge in [0.1, 0.15) is 0 Å². The van der Waals surface area contributed by atoms with Crippen LogP contribution in [0.2, 0.25) is 0 Å². The lowest BCUT2D eigenvalue weighted by atomic mass is 10.1. The molecule has 0 saturated heterocycles. The molecule has 1 rings (SSSR count). The summed E-state index contributed by atoms with van der Waals surface area (Å²) in [6, 6.07) is 0. The highest BCUT2D eigenvalue weighted by Gasteiger charge is 2.28. The second-order valence-electron chi connectivity index (χ2n) is 6.34. The monoisotopic (exact) mass is 420 g/mol. The van der Waals surface area contributed by atoms with Crippen molar-refractivity contribution >= 4 is 69.6 Å². The van der Waals surface area contributed by atoms with E-state index < -0.39 is 35.4 Å². The number of amides is 6. The Morgan fingerprint density at radius 2 is 0.433 bits per heavy atom. The highest BCUT2D eigenvalue weighted by molar-refractivity contribution is 6.21. The van der Waals surface area contributed by atoms with Crippen molar-refractivity contribution in [2.75, 3.05) is 31.9 Å². The Morgan fingerprint density at radius 3 is 0.500 bits per heavy atom. The summed E-state index contributed by atoms with van der Waals surface area (Å²) in [6.45, 7) is 7.12. The molecule has 0 fully saturated rings. The molecule has 0 bridgehead atoms. The smallest absolute Gasteiger partial charge is 0.221 e. The zero-order valence-corrected chi connectivity index (χ0v) is 17.4. The van der Waals surface area contributed by atoms with Crippen LogP contribution in [0.3, 0.4) is 0 Å². The first kappa shape index (κ1) is 24.1. The van der Waals surface area contributed by atoms with Crippen LogP contribution in [0.25, 0.3) is 0 Å². The third kappa shape index (κ3) is 6.58. The fourth-order valence-electron chi connectivity index (χ4n) is 2.56. The van der Waals surface area contributed by atoms with E-state index in [-0.39, 0.29) is 34.1 Å². The van der Waals surface area contributed by atoms with Gasteiger partial charge < -0.3 is 31.9 Å². The number of nitrogens with one attached hydrogen (secondary N) is 6. The Morgan fingerprint density at radius 1 is 0.333 bits per heavy atom. The van der Waals surface area contributed by atoms with E-state index in [1.165, 1.54) is 41.5 Å². The van der Waals surface area contributed by atoms with Crippen molar-refractivity contribution in [2.24, 2.45) is 0 Å². The van der Waals surface area contributed by atoms with E-state index in [9.17, 15) is 28.8 Å². The van der Waals surface area contributed by atoms with E-state index in [2.05, 4.69) is 31.9 Å². The van der Waals surface area contributed by atoms with Gasteiger partial charge in [0.15, 0.2) is 0 Å². The van der Waals surface area contributed by atoms with Gasteiger partial charge in [0.05, 0.1) is 34.1 Å². The van der Waals surface area contributed by atoms with Crippen LogP contribution < -0.4 is 31.9 Å². The molecule has 0 aromatic heterocycles. The van der Waals surface area contributed by atoms with Crippen molar-refractivity contribution in [2.45, 2.75) is 41.5 Å². The zero-order chi connectivity index (χ0) is 23.2. The van der Waals surface area contributed by atoms with Gasteiger partial charge in [0.25, 0.3) is 0 Å². The molecule has 12 heteroatoms. The minimum atomic E-state index is -0.567. The summed E-state index contributed by atoms with van der Waals surface area (Å²) in [6.07, 6.45) is 0. The Bertz CT molecular complexity index is 726. The first-order chi connectivity index (χ1) is 13.8. The zero-order valence-electron chi connectivity index (χ0n) is 17.4. The van der Waals surface area contributed by atoms with E-state index in [4.69, 9.17) is 0 Å². The summed E-state index contributed by atoms with van der Waals surface area (Å²) in [4.78, 5) is 71.0. The quantitative estimate of drug-likeness (QED) is 0.406. The molecule has 30 heavy (non-hydrogen) atoms. The van der Waals surface area contributed by atoms with Gasteiger partial charge in [-0.05, 0) is 0 Å². The first-order valence-electron chi connectivity index (χ1n) is 8.72. The van der Waals surface area contributed by atoms with Gasteiger partial charge in [-0.3, -0.25) is 28.8 Å². The van der Waals surface area contributed by atoms with Gasteiger partial charge in [-0.25, -0.2) is 0 Å². The lowest BCUT2D eigenvalue weighted by Gasteiger charge is -2.26. The summed E-state index contributed by atoms with van der Waals surface area (Å²) in [5.41, 5.74) is -0.614. The van der Waals surface area contributed by atoms with E-state index >= 15 is 0 Å². The van der Waals surface area contributed by atoms with Crippen molar-refractivity contribution in [1.29, 1.82) is 0 Å². The highest BCUT2D eigenvalue weighted by Crippen LogP contribution is 2.50. The van der Waals surface area contributed by atoms with Crippen molar-refractivity contribution in [3.05, 3.63) is 0 Å².